The third kappa shape index (κ3) is 3.73. The summed E-state index contributed by atoms with van der Waals surface area (Å²) in [5.74, 6) is 3.61. The average Bonchev–Trinajstić information content (AvgIpc) is 2.64. The molecular formula is C12H16BrNO. The van der Waals surface area contributed by atoms with Crippen molar-refractivity contribution in [2.45, 2.75) is 38.8 Å². The Bertz CT molecular complexity index is 340. The highest BCUT2D eigenvalue weighted by molar-refractivity contribution is 9.10. The van der Waals surface area contributed by atoms with Crippen molar-refractivity contribution in [2.75, 3.05) is 0 Å². The maximum atomic E-state index is 5.47. The van der Waals surface area contributed by atoms with Crippen LogP contribution in [0.2, 0.25) is 0 Å². The van der Waals surface area contributed by atoms with Crippen LogP contribution in [0.3, 0.4) is 0 Å². The minimum atomic E-state index is 0.189. The molecule has 0 amide bonds. The second kappa shape index (κ2) is 5.99. The van der Waals surface area contributed by atoms with E-state index in [0.717, 1.165) is 23.3 Å². The lowest BCUT2D eigenvalue weighted by Crippen LogP contribution is -2.30. The van der Waals surface area contributed by atoms with E-state index >= 15 is 0 Å². The van der Waals surface area contributed by atoms with E-state index in [1.165, 1.54) is 0 Å². The van der Waals surface area contributed by atoms with Crippen molar-refractivity contribution in [3.05, 3.63) is 22.6 Å². The molecule has 2 atom stereocenters. The summed E-state index contributed by atoms with van der Waals surface area (Å²) in [6.07, 6.45) is 7.08. The Hall–Kier alpha value is -0.720. The minimum absolute atomic E-state index is 0.189. The first-order valence-electron chi connectivity index (χ1n) is 5.12. The first-order valence-corrected chi connectivity index (χ1v) is 5.91. The number of hydrogen-bond donors (Lipinski definition) is 1. The summed E-state index contributed by atoms with van der Waals surface area (Å²) in [6.45, 7) is 4.20. The first kappa shape index (κ1) is 12.4. The molecule has 3 heteroatoms. The Morgan fingerprint density at radius 3 is 2.80 bits per heavy atom. The molecular weight excluding hydrogens is 254 g/mol. The molecule has 0 radical (unpaired) electrons. The lowest BCUT2D eigenvalue weighted by atomic mass is 10.1. The molecule has 15 heavy (non-hydrogen) atoms. The second-order valence-electron chi connectivity index (χ2n) is 3.54. The largest absolute Gasteiger partial charge is 0.453 e. The van der Waals surface area contributed by atoms with Crippen LogP contribution >= 0.6 is 15.9 Å². The van der Waals surface area contributed by atoms with Crippen molar-refractivity contribution < 1.29 is 4.42 Å². The summed E-state index contributed by atoms with van der Waals surface area (Å²) in [5.41, 5.74) is 0. The Balaban J connectivity index is 2.54. The molecule has 0 spiro atoms. The Morgan fingerprint density at radius 1 is 1.60 bits per heavy atom. The predicted molar refractivity (Wildman–Crippen MR) is 65.5 cm³/mol. The molecule has 0 aliphatic carbocycles. The van der Waals surface area contributed by atoms with Gasteiger partial charge in [-0.25, -0.2) is 0 Å². The third-order valence-corrected chi connectivity index (χ3v) is 2.79. The zero-order valence-corrected chi connectivity index (χ0v) is 10.7. The predicted octanol–water partition coefficient (Wildman–Crippen LogP) is 3.49. The van der Waals surface area contributed by atoms with Crippen LogP contribution < -0.4 is 5.32 Å². The van der Waals surface area contributed by atoms with Crippen LogP contribution in [0, 0.1) is 12.3 Å². The Morgan fingerprint density at radius 2 is 2.33 bits per heavy atom. The summed E-state index contributed by atoms with van der Waals surface area (Å²) in [5, 5.41) is 3.44. The molecule has 1 rings (SSSR count). The number of hydrogen-bond acceptors (Lipinski definition) is 2. The molecule has 0 saturated carbocycles. The van der Waals surface area contributed by atoms with E-state index in [2.05, 4.69) is 41.0 Å². The van der Waals surface area contributed by atoms with Crippen LogP contribution in [0.1, 0.15) is 38.5 Å². The van der Waals surface area contributed by atoms with Crippen molar-refractivity contribution in [3.8, 4) is 12.3 Å². The summed E-state index contributed by atoms with van der Waals surface area (Å²) in [6, 6.07) is 4.41. The molecule has 1 aromatic heterocycles. The van der Waals surface area contributed by atoms with Gasteiger partial charge in [-0.15, -0.1) is 12.3 Å². The van der Waals surface area contributed by atoms with Crippen molar-refractivity contribution >= 4 is 15.9 Å². The van der Waals surface area contributed by atoms with Gasteiger partial charge in [-0.05, 0) is 41.4 Å². The number of nitrogens with one attached hydrogen (secondary N) is 1. The standard InChI is InChI=1S/C12H16BrNO/c1-4-6-10(5-2)14-9(3)11-7-8-12(13)15-11/h1,7-10,14H,5-6H2,2-3H3. The van der Waals surface area contributed by atoms with Gasteiger partial charge in [-0.1, -0.05) is 6.92 Å². The molecule has 0 fully saturated rings. The van der Waals surface area contributed by atoms with Crippen molar-refractivity contribution in [3.63, 3.8) is 0 Å². The summed E-state index contributed by atoms with van der Waals surface area (Å²) >= 11 is 3.29. The van der Waals surface area contributed by atoms with Gasteiger partial charge < -0.3 is 9.73 Å². The zero-order valence-electron chi connectivity index (χ0n) is 9.09. The van der Waals surface area contributed by atoms with Crippen LogP contribution in [0.4, 0.5) is 0 Å². The van der Waals surface area contributed by atoms with Gasteiger partial charge in [-0.2, -0.15) is 0 Å². The van der Waals surface area contributed by atoms with Crippen LogP contribution in [0.25, 0.3) is 0 Å². The molecule has 0 saturated heterocycles. The summed E-state index contributed by atoms with van der Waals surface area (Å²) < 4.78 is 6.23. The highest BCUT2D eigenvalue weighted by atomic mass is 79.9. The number of halogens is 1. The van der Waals surface area contributed by atoms with Crippen LogP contribution in [-0.4, -0.2) is 6.04 Å². The lowest BCUT2D eigenvalue weighted by Gasteiger charge is -2.18. The molecule has 2 nitrogen and oxygen atoms in total. The quantitative estimate of drug-likeness (QED) is 0.828. The maximum Gasteiger partial charge on any atom is 0.169 e. The van der Waals surface area contributed by atoms with Gasteiger partial charge >= 0.3 is 0 Å². The van der Waals surface area contributed by atoms with Gasteiger partial charge in [0.15, 0.2) is 4.67 Å². The van der Waals surface area contributed by atoms with Gasteiger partial charge in [0.05, 0.1) is 6.04 Å². The van der Waals surface area contributed by atoms with Gasteiger partial charge in [0.2, 0.25) is 0 Å². The summed E-state index contributed by atoms with van der Waals surface area (Å²) in [7, 11) is 0. The molecule has 0 aliphatic heterocycles. The van der Waals surface area contributed by atoms with Crippen molar-refractivity contribution in [1.82, 2.24) is 5.32 Å². The van der Waals surface area contributed by atoms with E-state index in [1.54, 1.807) is 0 Å². The first-order chi connectivity index (χ1) is 7.17. The number of terminal acetylenes is 1. The van der Waals surface area contributed by atoms with Gasteiger partial charge in [0, 0.05) is 12.5 Å². The monoisotopic (exact) mass is 269 g/mol. The SMILES string of the molecule is C#CCC(CC)NC(C)c1ccc(Br)o1. The highest BCUT2D eigenvalue weighted by Crippen LogP contribution is 2.20. The Kier molecular flexibility index (Phi) is 4.93. The van der Waals surface area contributed by atoms with Gasteiger partial charge in [0.1, 0.15) is 5.76 Å². The minimum Gasteiger partial charge on any atom is -0.453 e. The highest BCUT2D eigenvalue weighted by Gasteiger charge is 2.13. The smallest absolute Gasteiger partial charge is 0.169 e. The normalized spacial score (nSPS) is 14.5. The van der Waals surface area contributed by atoms with E-state index < -0.39 is 0 Å². The molecule has 0 aliphatic rings. The third-order valence-electron chi connectivity index (χ3n) is 2.36. The summed E-state index contributed by atoms with van der Waals surface area (Å²) in [4.78, 5) is 0. The van der Waals surface area contributed by atoms with Crippen molar-refractivity contribution in [2.24, 2.45) is 0 Å². The number of rotatable bonds is 5. The van der Waals surface area contributed by atoms with Crippen LogP contribution in [-0.2, 0) is 0 Å². The molecule has 0 aromatic carbocycles. The van der Waals surface area contributed by atoms with E-state index in [4.69, 9.17) is 10.8 Å². The molecule has 1 aromatic rings. The molecule has 0 bridgehead atoms. The van der Waals surface area contributed by atoms with Gasteiger partial charge in [0.25, 0.3) is 0 Å². The Labute approximate surface area is 99.6 Å². The molecule has 2 unspecified atom stereocenters. The van der Waals surface area contributed by atoms with Crippen molar-refractivity contribution in [1.29, 1.82) is 0 Å². The van der Waals surface area contributed by atoms with Gasteiger partial charge in [-0.3, -0.25) is 0 Å². The van der Waals surface area contributed by atoms with Crippen LogP contribution in [0.5, 0.6) is 0 Å². The fourth-order valence-electron chi connectivity index (χ4n) is 1.46. The molecule has 1 heterocycles. The van der Waals surface area contributed by atoms with E-state index in [9.17, 15) is 0 Å². The fourth-order valence-corrected chi connectivity index (χ4v) is 1.78. The lowest BCUT2D eigenvalue weighted by molar-refractivity contribution is 0.377. The molecule has 1 N–H and O–H groups in total. The van der Waals surface area contributed by atoms with Crippen LogP contribution in [0.15, 0.2) is 21.2 Å². The topological polar surface area (TPSA) is 25.2 Å². The second-order valence-corrected chi connectivity index (χ2v) is 4.33. The molecule has 82 valence electrons. The van der Waals surface area contributed by atoms with E-state index in [1.807, 2.05) is 12.1 Å². The fraction of sp³-hybridized carbons (Fsp3) is 0.500. The zero-order chi connectivity index (χ0) is 11.3. The maximum absolute atomic E-state index is 5.47. The average molecular weight is 270 g/mol. The number of furan rings is 1. The van der Waals surface area contributed by atoms with E-state index in [-0.39, 0.29) is 6.04 Å². The van der Waals surface area contributed by atoms with E-state index in [0.29, 0.717) is 6.04 Å².